The van der Waals surface area contributed by atoms with Crippen LogP contribution in [-0.2, 0) is 11.3 Å². The molecule has 3 N–H and O–H groups in total. The lowest BCUT2D eigenvalue weighted by Gasteiger charge is -2.26. The number of ether oxygens (including phenoxy) is 1. The summed E-state index contributed by atoms with van der Waals surface area (Å²) in [6, 6.07) is 7.93. The summed E-state index contributed by atoms with van der Waals surface area (Å²) in [5, 5.41) is 10.9. The van der Waals surface area contributed by atoms with E-state index in [1.807, 2.05) is 36.2 Å². The molecule has 1 aromatic carbocycles. The van der Waals surface area contributed by atoms with Gasteiger partial charge in [0.25, 0.3) is 0 Å². The van der Waals surface area contributed by atoms with Gasteiger partial charge in [-0.15, -0.1) is 0 Å². The topological polar surface area (TPSA) is 71.6 Å². The van der Waals surface area contributed by atoms with Gasteiger partial charge in [0.15, 0.2) is 0 Å². The van der Waals surface area contributed by atoms with Gasteiger partial charge in [0, 0.05) is 44.4 Å². The second-order valence-electron chi connectivity index (χ2n) is 4.84. The Labute approximate surface area is 119 Å². The Hall–Kier alpha value is -1.69. The largest absolute Gasteiger partial charge is 0.389 e. The van der Waals surface area contributed by atoms with E-state index in [4.69, 9.17) is 10.5 Å². The molecule has 0 spiro atoms. The summed E-state index contributed by atoms with van der Waals surface area (Å²) in [6.07, 6.45) is 1.26. The van der Waals surface area contributed by atoms with Crippen LogP contribution in [0, 0.1) is 0 Å². The number of hydrogen-bond donors (Lipinski definition) is 2. The van der Waals surface area contributed by atoms with Gasteiger partial charge < -0.3 is 20.5 Å². The predicted octanol–water partition coefficient (Wildman–Crippen LogP) is 1.14. The lowest BCUT2D eigenvalue weighted by atomic mass is 10.1. The monoisotopic (exact) mass is 275 g/mol. The number of nitrogens with two attached hydrogens (primary N) is 1. The van der Waals surface area contributed by atoms with E-state index in [0.29, 0.717) is 19.7 Å². The van der Waals surface area contributed by atoms with Crippen molar-refractivity contribution in [1.82, 2.24) is 4.98 Å². The number of fused-ring (bicyclic) bond motifs is 1. The fourth-order valence-corrected chi connectivity index (χ4v) is 2.42. The normalized spacial score (nSPS) is 12.6. The number of hydrogen-bond acceptors (Lipinski definition) is 5. The molecule has 5 nitrogen and oxygen atoms in total. The van der Waals surface area contributed by atoms with Gasteiger partial charge in [0.05, 0.1) is 23.9 Å². The molecule has 1 atom stereocenters. The molecule has 1 heterocycles. The minimum Gasteiger partial charge on any atom is -0.389 e. The average Bonchev–Trinajstić information content (AvgIpc) is 2.46. The highest BCUT2D eigenvalue weighted by Gasteiger charge is 2.15. The standard InChI is InChI=1S/C15H21N3O2/c1-18(9-12(19)10-20-2)15-11(7-16)8-17-14-6-4-3-5-13(14)15/h3-6,8,12,19H,7,9-10,16H2,1-2H3. The van der Waals surface area contributed by atoms with Crippen LogP contribution in [0.25, 0.3) is 10.9 Å². The lowest BCUT2D eigenvalue weighted by Crippen LogP contribution is -2.32. The van der Waals surface area contributed by atoms with Crippen LogP contribution in [0.2, 0.25) is 0 Å². The molecule has 0 aliphatic heterocycles. The molecule has 2 aromatic rings. The van der Waals surface area contributed by atoms with Gasteiger partial charge in [-0.3, -0.25) is 4.98 Å². The van der Waals surface area contributed by atoms with Crippen molar-refractivity contribution in [2.45, 2.75) is 12.6 Å². The third-order valence-corrected chi connectivity index (χ3v) is 3.27. The highest BCUT2D eigenvalue weighted by molar-refractivity contribution is 5.93. The summed E-state index contributed by atoms with van der Waals surface area (Å²) in [4.78, 5) is 6.43. The molecule has 108 valence electrons. The van der Waals surface area contributed by atoms with Crippen molar-refractivity contribution >= 4 is 16.6 Å². The zero-order valence-electron chi connectivity index (χ0n) is 11.9. The maximum absolute atomic E-state index is 9.90. The summed E-state index contributed by atoms with van der Waals surface area (Å²) < 4.78 is 4.97. The number of aromatic nitrogens is 1. The first-order valence-corrected chi connectivity index (χ1v) is 6.62. The maximum atomic E-state index is 9.90. The summed E-state index contributed by atoms with van der Waals surface area (Å²) in [5.41, 5.74) is 8.73. The van der Waals surface area contributed by atoms with Crippen molar-refractivity contribution in [1.29, 1.82) is 0 Å². The number of nitrogens with zero attached hydrogens (tertiary/aromatic N) is 2. The zero-order valence-corrected chi connectivity index (χ0v) is 11.9. The molecule has 2 rings (SSSR count). The molecule has 0 bridgehead atoms. The number of pyridine rings is 1. The highest BCUT2D eigenvalue weighted by atomic mass is 16.5. The quantitative estimate of drug-likeness (QED) is 0.827. The maximum Gasteiger partial charge on any atom is 0.0947 e. The van der Waals surface area contributed by atoms with E-state index in [1.165, 1.54) is 0 Å². The second-order valence-corrected chi connectivity index (χ2v) is 4.84. The van der Waals surface area contributed by atoms with Crippen molar-refractivity contribution in [2.75, 3.05) is 32.2 Å². The molecule has 0 saturated heterocycles. The van der Waals surface area contributed by atoms with Gasteiger partial charge in [0.2, 0.25) is 0 Å². The summed E-state index contributed by atoms with van der Waals surface area (Å²) in [5.74, 6) is 0. The Morgan fingerprint density at radius 1 is 1.40 bits per heavy atom. The number of methoxy groups -OCH3 is 1. The third-order valence-electron chi connectivity index (χ3n) is 3.27. The number of rotatable bonds is 6. The van der Waals surface area contributed by atoms with Crippen LogP contribution in [0.3, 0.4) is 0 Å². The number of para-hydroxylation sites is 1. The van der Waals surface area contributed by atoms with Gasteiger partial charge in [-0.1, -0.05) is 18.2 Å². The molecular weight excluding hydrogens is 254 g/mol. The summed E-state index contributed by atoms with van der Waals surface area (Å²) in [6.45, 7) is 1.21. The third kappa shape index (κ3) is 3.07. The fraction of sp³-hybridized carbons (Fsp3) is 0.400. The van der Waals surface area contributed by atoms with Crippen LogP contribution >= 0.6 is 0 Å². The number of anilines is 1. The Balaban J connectivity index is 2.40. The zero-order chi connectivity index (χ0) is 14.5. The van der Waals surface area contributed by atoms with Gasteiger partial charge in [0.1, 0.15) is 0 Å². The molecule has 0 saturated carbocycles. The molecular formula is C15H21N3O2. The van der Waals surface area contributed by atoms with E-state index in [2.05, 4.69) is 4.98 Å². The van der Waals surface area contributed by atoms with E-state index in [-0.39, 0.29) is 0 Å². The minimum atomic E-state index is -0.539. The van der Waals surface area contributed by atoms with Crippen LogP contribution in [0.1, 0.15) is 5.56 Å². The van der Waals surface area contributed by atoms with Gasteiger partial charge in [-0.25, -0.2) is 0 Å². The van der Waals surface area contributed by atoms with Crippen LogP contribution in [0.5, 0.6) is 0 Å². The van der Waals surface area contributed by atoms with Crippen molar-refractivity contribution in [3.05, 3.63) is 36.0 Å². The molecule has 1 aromatic heterocycles. The van der Waals surface area contributed by atoms with Gasteiger partial charge in [-0.2, -0.15) is 0 Å². The predicted molar refractivity (Wildman–Crippen MR) is 80.8 cm³/mol. The average molecular weight is 275 g/mol. The van der Waals surface area contributed by atoms with Crippen LogP contribution in [0.4, 0.5) is 5.69 Å². The van der Waals surface area contributed by atoms with E-state index in [1.54, 1.807) is 13.3 Å². The van der Waals surface area contributed by atoms with Crippen molar-refractivity contribution in [2.24, 2.45) is 5.73 Å². The van der Waals surface area contributed by atoms with Crippen LogP contribution in [-0.4, -0.2) is 43.5 Å². The fourth-order valence-electron chi connectivity index (χ4n) is 2.42. The Bertz CT molecular complexity index is 574. The van der Waals surface area contributed by atoms with Gasteiger partial charge >= 0.3 is 0 Å². The van der Waals surface area contributed by atoms with E-state index in [9.17, 15) is 5.11 Å². The van der Waals surface area contributed by atoms with E-state index >= 15 is 0 Å². The molecule has 0 amide bonds. The molecule has 1 unspecified atom stereocenters. The first kappa shape index (κ1) is 14.7. The molecule has 0 fully saturated rings. The van der Waals surface area contributed by atoms with Crippen molar-refractivity contribution in [3.8, 4) is 0 Å². The second kappa shape index (κ2) is 6.65. The first-order chi connectivity index (χ1) is 9.67. The van der Waals surface area contributed by atoms with Gasteiger partial charge in [-0.05, 0) is 6.07 Å². The molecule has 0 radical (unpaired) electrons. The molecule has 5 heteroatoms. The number of benzene rings is 1. The van der Waals surface area contributed by atoms with Crippen LogP contribution < -0.4 is 10.6 Å². The summed E-state index contributed by atoms with van der Waals surface area (Å²) in [7, 11) is 3.52. The number of aliphatic hydroxyl groups excluding tert-OH is 1. The van der Waals surface area contributed by atoms with E-state index in [0.717, 1.165) is 22.2 Å². The first-order valence-electron chi connectivity index (χ1n) is 6.62. The smallest absolute Gasteiger partial charge is 0.0947 e. The molecule has 0 aliphatic rings. The summed E-state index contributed by atoms with van der Waals surface area (Å²) >= 11 is 0. The Morgan fingerprint density at radius 3 is 2.85 bits per heavy atom. The van der Waals surface area contributed by atoms with Crippen LogP contribution in [0.15, 0.2) is 30.5 Å². The van der Waals surface area contributed by atoms with E-state index < -0.39 is 6.10 Å². The highest BCUT2D eigenvalue weighted by Crippen LogP contribution is 2.28. The van der Waals surface area contributed by atoms with Crippen molar-refractivity contribution in [3.63, 3.8) is 0 Å². The Morgan fingerprint density at radius 2 is 2.15 bits per heavy atom. The number of aliphatic hydroxyl groups is 1. The SMILES string of the molecule is COCC(O)CN(C)c1c(CN)cnc2ccccc12. The molecule has 0 aliphatic carbocycles. The minimum absolute atomic E-state index is 0.311. The number of likely N-dealkylation sites (N-methyl/N-ethyl adjacent to an activating group) is 1. The lowest BCUT2D eigenvalue weighted by molar-refractivity contribution is 0.0695. The molecule has 20 heavy (non-hydrogen) atoms. The van der Waals surface area contributed by atoms with Crippen molar-refractivity contribution < 1.29 is 9.84 Å². The Kier molecular flexibility index (Phi) is 4.89.